The number of benzene rings is 1. The van der Waals surface area contributed by atoms with Gasteiger partial charge in [0.05, 0.1) is 0 Å². The molecule has 0 spiro atoms. The van der Waals surface area contributed by atoms with Crippen LogP contribution in [0.1, 0.15) is 22.8 Å². The van der Waals surface area contributed by atoms with Gasteiger partial charge in [0.2, 0.25) is 5.89 Å². The molecule has 0 unspecified atom stereocenters. The second-order valence-electron chi connectivity index (χ2n) is 5.61. The van der Waals surface area contributed by atoms with Crippen molar-refractivity contribution in [2.45, 2.75) is 25.4 Å². The van der Waals surface area contributed by atoms with Gasteiger partial charge in [0.25, 0.3) is 0 Å². The molecule has 0 saturated carbocycles. The van der Waals surface area contributed by atoms with Crippen LogP contribution in [-0.4, -0.2) is 37.5 Å². The van der Waals surface area contributed by atoms with E-state index < -0.39 is 12.1 Å². The highest BCUT2D eigenvalue weighted by Crippen LogP contribution is 2.13. The Bertz CT molecular complexity index is 881. The Balaban J connectivity index is 0.000000345. The maximum absolute atomic E-state index is 10.6. The number of carbonyl (C=O) groups is 1. The van der Waals surface area contributed by atoms with E-state index >= 15 is 0 Å². The molecule has 0 aliphatic rings. The average molecular weight is 395 g/mol. The van der Waals surface area contributed by atoms with Gasteiger partial charge in [-0.2, -0.15) is 18.2 Å². The Hall–Kier alpha value is -3.43. The molecule has 0 fully saturated rings. The maximum atomic E-state index is 10.6. The molecule has 2 aromatic heterocycles. The first-order valence-electron chi connectivity index (χ1n) is 8.02. The molecule has 3 aromatic rings. The molecule has 2 N–H and O–H groups in total. The summed E-state index contributed by atoms with van der Waals surface area (Å²) in [5, 5.41) is 20.3. The summed E-state index contributed by atoms with van der Waals surface area (Å²) < 4.78 is 37.0. The normalized spacial score (nSPS) is 10.8. The number of phenolic OH excluding ortho intramolecular Hbond substituents is 1. The van der Waals surface area contributed by atoms with Crippen molar-refractivity contribution in [3.8, 4) is 5.75 Å². The Morgan fingerprint density at radius 2 is 1.75 bits per heavy atom. The molecular weight excluding hydrogens is 379 g/mol. The van der Waals surface area contributed by atoms with Gasteiger partial charge in [0.1, 0.15) is 5.75 Å². The molecule has 0 amide bonds. The topological polar surface area (TPSA) is 109 Å². The molecular formula is C18H16F3N3O4. The molecule has 1 aromatic carbocycles. The van der Waals surface area contributed by atoms with Gasteiger partial charge in [-0.25, -0.2) is 4.79 Å². The summed E-state index contributed by atoms with van der Waals surface area (Å²) in [4.78, 5) is 17.3. The van der Waals surface area contributed by atoms with E-state index in [1.54, 1.807) is 24.5 Å². The van der Waals surface area contributed by atoms with Crippen molar-refractivity contribution in [1.29, 1.82) is 0 Å². The van der Waals surface area contributed by atoms with Crippen LogP contribution in [0.2, 0.25) is 0 Å². The lowest BCUT2D eigenvalue weighted by atomic mass is 10.1. The van der Waals surface area contributed by atoms with Gasteiger partial charge in [-0.3, -0.25) is 4.98 Å². The summed E-state index contributed by atoms with van der Waals surface area (Å²) >= 11 is 0. The van der Waals surface area contributed by atoms with Crippen molar-refractivity contribution in [2.75, 3.05) is 0 Å². The second-order valence-corrected chi connectivity index (χ2v) is 5.61. The van der Waals surface area contributed by atoms with Gasteiger partial charge in [0, 0.05) is 25.2 Å². The standard InChI is InChI=1S/C16H15N3O2.C2HF3O2/c20-14-6-3-12(4-7-14)5-8-16-18-15(19-21-16)10-13-2-1-9-17-11-13;3-2(4,5)1(6)7/h1-4,6-7,9,11,20H,5,8,10H2;(H,6,7). The first-order valence-corrected chi connectivity index (χ1v) is 8.02. The van der Waals surface area contributed by atoms with Gasteiger partial charge in [-0.05, 0) is 35.7 Å². The van der Waals surface area contributed by atoms with Crippen LogP contribution in [0.15, 0.2) is 53.3 Å². The number of hydrogen-bond acceptors (Lipinski definition) is 6. The van der Waals surface area contributed by atoms with Crippen molar-refractivity contribution in [3.63, 3.8) is 0 Å². The number of carboxylic acid groups (broad SMARTS) is 1. The molecule has 2 heterocycles. The lowest BCUT2D eigenvalue weighted by molar-refractivity contribution is -0.192. The fraction of sp³-hybridized carbons (Fsp3) is 0.222. The van der Waals surface area contributed by atoms with Gasteiger partial charge < -0.3 is 14.7 Å². The Labute approximate surface area is 157 Å². The van der Waals surface area contributed by atoms with Crippen LogP contribution < -0.4 is 0 Å². The van der Waals surface area contributed by atoms with E-state index in [-0.39, 0.29) is 5.75 Å². The number of halogens is 3. The van der Waals surface area contributed by atoms with E-state index in [9.17, 15) is 18.3 Å². The van der Waals surface area contributed by atoms with E-state index in [4.69, 9.17) is 14.4 Å². The summed E-state index contributed by atoms with van der Waals surface area (Å²) in [6.45, 7) is 0. The Kier molecular flexibility index (Phi) is 7.08. The number of phenols is 1. The van der Waals surface area contributed by atoms with Gasteiger partial charge in [-0.15, -0.1) is 0 Å². The number of aromatic nitrogens is 3. The third kappa shape index (κ3) is 7.06. The van der Waals surface area contributed by atoms with Crippen LogP contribution in [0, 0.1) is 0 Å². The second kappa shape index (κ2) is 9.49. The van der Waals surface area contributed by atoms with Crippen molar-refractivity contribution in [1.82, 2.24) is 15.1 Å². The van der Waals surface area contributed by atoms with Crippen molar-refractivity contribution < 1.29 is 32.7 Å². The van der Waals surface area contributed by atoms with E-state index in [1.807, 2.05) is 24.3 Å². The third-order valence-electron chi connectivity index (χ3n) is 3.40. The van der Waals surface area contributed by atoms with Crippen LogP contribution in [-0.2, 0) is 24.1 Å². The SMILES string of the molecule is O=C(O)C(F)(F)F.Oc1ccc(CCc2nc(Cc3cccnc3)no2)cc1. The maximum Gasteiger partial charge on any atom is 0.490 e. The molecule has 0 aliphatic heterocycles. The Morgan fingerprint density at radius 3 is 2.32 bits per heavy atom. The fourth-order valence-corrected chi connectivity index (χ4v) is 2.06. The lowest BCUT2D eigenvalue weighted by Crippen LogP contribution is -2.21. The number of aromatic hydroxyl groups is 1. The summed E-state index contributed by atoms with van der Waals surface area (Å²) in [6.07, 6.45) is 0.561. The zero-order valence-electron chi connectivity index (χ0n) is 14.4. The molecule has 10 heteroatoms. The van der Waals surface area contributed by atoms with E-state index in [1.165, 1.54) is 0 Å². The molecule has 28 heavy (non-hydrogen) atoms. The smallest absolute Gasteiger partial charge is 0.490 e. The number of aryl methyl sites for hydroxylation is 2. The van der Waals surface area contributed by atoms with E-state index in [0.29, 0.717) is 24.6 Å². The fourth-order valence-electron chi connectivity index (χ4n) is 2.06. The molecule has 0 atom stereocenters. The highest BCUT2D eigenvalue weighted by molar-refractivity contribution is 5.73. The predicted molar refractivity (Wildman–Crippen MR) is 90.5 cm³/mol. The van der Waals surface area contributed by atoms with Crippen molar-refractivity contribution >= 4 is 5.97 Å². The lowest BCUT2D eigenvalue weighted by Gasteiger charge is -1.98. The summed E-state index contributed by atoms with van der Waals surface area (Å²) in [5.41, 5.74) is 2.18. The van der Waals surface area contributed by atoms with Crippen molar-refractivity contribution in [3.05, 3.63) is 71.6 Å². The summed E-state index contributed by atoms with van der Waals surface area (Å²) in [5.74, 6) is -1.19. The molecule has 0 saturated heterocycles. The molecule has 148 valence electrons. The highest BCUT2D eigenvalue weighted by Gasteiger charge is 2.38. The molecule has 0 aliphatic carbocycles. The Morgan fingerprint density at radius 1 is 1.07 bits per heavy atom. The summed E-state index contributed by atoms with van der Waals surface area (Å²) in [6, 6.07) is 11.0. The van der Waals surface area contributed by atoms with E-state index in [0.717, 1.165) is 17.5 Å². The number of aliphatic carboxylic acids is 1. The van der Waals surface area contributed by atoms with Gasteiger partial charge in [0.15, 0.2) is 5.82 Å². The van der Waals surface area contributed by atoms with Crippen LogP contribution in [0.3, 0.4) is 0 Å². The highest BCUT2D eigenvalue weighted by atomic mass is 19.4. The molecule has 3 rings (SSSR count). The number of carboxylic acids is 1. The first kappa shape index (κ1) is 20.9. The van der Waals surface area contributed by atoms with Crippen molar-refractivity contribution in [2.24, 2.45) is 0 Å². The largest absolute Gasteiger partial charge is 0.508 e. The van der Waals surface area contributed by atoms with E-state index in [2.05, 4.69) is 15.1 Å². The number of hydrogen-bond donors (Lipinski definition) is 2. The zero-order valence-corrected chi connectivity index (χ0v) is 14.4. The first-order chi connectivity index (χ1) is 13.2. The number of nitrogens with zero attached hydrogens (tertiary/aromatic N) is 3. The van der Waals surface area contributed by atoms with Crippen LogP contribution >= 0.6 is 0 Å². The minimum Gasteiger partial charge on any atom is -0.508 e. The minimum absolute atomic E-state index is 0.273. The number of pyridine rings is 1. The molecule has 0 bridgehead atoms. The number of alkyl halides is 3. The number of rotatable bonds is 5. The van der Waals surface area contributed by atoms with Crippen LogP contribution in [0.4, 0.5) is 13.2 Å². The molecule has 0 radical (unpaired) electrons. The van der Waals surface area contributed by atoms with Gasteiger partial charge in [-0.1, -0.05) is 23.4 Å². The monoisotopic (exact) mass is 395 g/mol. The predicted octanol–water partition coefficient (Wildman–Crippen LogP) is 3.18. The van der Waals surface area contributed by atoms with Crippen LogP contribution in [0.5, 0.6) is 5.75 Å². The van der Waals surface area contributed by atoms with Crippen LogP contribution in [0.25, 0.3) is 0 Å². The molecule has 7 nitrogen and oxygen atoms in total. The quantitative estimate of drug-likeness (QED) is 0.683. The van der Waals surface area contributed by atoms with Gasteiger partial charge >= 0.3 is 12.1 Å². The minimum atomic E-state index is -5.08. The zero-order chi connectivity index (χ0) is 20.6. The third-order valence-corrected chi connectivity index (χ3v) is 3.40. The average Bonchev–Trinajstić information content (AvgIpc) is 3.09. The summed E-state index contributed by atoms with van der Waals surface area (Å²) in [7, 11) is 0.